The minimum atomic E-state index is -4.21. The second-order valence-electron chi connectivity index (χ2n) is 4.46. The van der Waals surface area contributed by atoms with Crippen molar-refractivity contribution in [2.75, 3.05) is 6.54 Å². The van der Waals surface area contributed by atoms with Crippen molar-refractivity contribution in [3.63, 3.8) is 0 Å². The van der Waals surface area contributed by atoms with E-state index in [4.69, 9.17) is 5.73 Å². The quantitative estimate of drug-likeness (QED) is 0.752. The van der Waals surface area contributed by atoms with Gasteiger partial charge < -0.3 is 11.1 Å². The van der Waals surface area contributed by atoms with Gasteiger partial charge in [0.1, 0.15) is 0 Å². The van der Waals surface area contributed by atoms with Crippen LogP contribution >= 0.6 is 0 Å². The van der Waals surface area contributed by atoms with Crippen LogP contribution < -0.4 is 11.1 Å². The molecule has 0 bridgehead atoms. The van der Waals surface area contributed by atoms with E-state index in [0.29, 0.717) is 12.8 Å². The maximum atomic E-state index is 12.6. The highest BCUT2D eigenvalue weighted by Crippen LogP contribution is 2.27. The zero-order valence-electron chi connectivity index (χ0n) is 9.32. The van der Waals surface area contributed by atoms with Crippen molar-refractivity contribution in [1.82, 2.24) is 5.32 Å². The van der Waals surface area contributed by atoms with Gasteiger partial charge in [0.2, 0.25) is 5.91 Å². The number of nitrogens with two attached hydrogens (primary N) is 1. The minimum absolute atomic E-state index is 0.402. The lowest BCUT2D eigenvalue weighted by Gasteiger charge is -2.32. The fourth-order valence-corrected chi connectivity index (χ4v) is 1.86. The van der Waals surface area contributed by atoms with Gasteiger partial charge in [0.05, 0.1) is 12.1 Å². The molecule has 3 N–H and O–H groups in total. The van der Waals surface area contributed by atoms with Crippen LogP contribution in [-0.4, -0.2) is 30.3 Å². The molecule has 100 valence electrons. The summed E-state index contributed by atoms with van der Waals surface area (Å²) in [5.74, 6) is -4.97. The molecule has 1 aliphatic rings. The van der Waals surface area contributed by atoms with Gasteiger partial charge in [-0.25, -0.2) is 8.78 Å². The van der Waals surface area contributed by atoms with Gasteiger partial charge in [-0.1, -0.05) is 19.3 Å². The average molecular weight is 256 g/mol. The summed E-state index contributed by atoms with van der Waals surface area (Å²) >= 11 is 0. The topological polar surface area (TPSA) is 55.1 Å². The van der Waals surface area contributed by atoms with E-state index < -0.39 is 30.3 Å². The third-order valence-corrected chi connectivity index (χ3v) is 3.00. The van der Waals surface area contributed by atoms with Crippen molar-refractivity contribution in [3.8, 4) is 0 Å². The smallest absolute Gasteiger partial charge is 0.324 e. The maximum Gasteiger partial charge on any atom is 0.324 e. The molecule has 1 amide bonds. The van der Waals surface area contributed by atoms with Crippen LogP contribution in [-0.2, 0) is 4.79 Å². The van der Waals surface area contributed by atoms with Crippen LogP contribution in [0.5, 0.6) is 0 Å². The SMILES string of the molecule is NC1(C(=O)NCC(F)(F)C(F)F)CCCCC1. The Labute approximate surface area is 96.7 Å². The van der Waals surface area contributed by atoms with E-state index in [0.717, 1.165) is 19.3 Å². The number of carbonyl (C=O) groups is 1. The molecule has 3 nitrogen and oxygen atoms in total. The van der Waals surface area contributed by atoms with Crippen molar-refractivity contribution in [2.24, 2.45) is 5.73 Å². The van der Waals surface area contributed by atoms with E-state index in [9.17, 15) is 22.4 Å². The molecule has 1 fully saturated rings. The number of hydrogen-bond donors (Lipinski definition) is 2. The first-order valence-corrected chi connectivity index (χ1v) is 5.51. The zero-order valence-corrected chi connectivity index (χ0v) is 9.32. The Morgan fingerprint density at radius 3 is 2.29 bits per heavy atom. The normalized spacial score (nSPS) is 20.4. The largest absolute Gasteiger partial charge is 0.348 e. The van der Waals surface area contributed by atoms with E-state index in [1.54, 1.807) is 0 Å². The zero-order chi connectivity index (χ0) is 13.1. The van der Waals surface area contributed by atoms with E-state index >= 15 is 0 Å². The highest BCUT2D eigenvalue weighted by atomic mass is 19.3. The monoisotopic (exact) mass is 256 g/mol. The van der Waals surface area contributed by atoms with Gasteiger partial charge in [0.25, 0.3) is 0 Å². The Kier molecular flexibility index (Phi) is 4.35. The predicted octanol–water partition coefficient (Wildman–Crippen LogP) is 1.66. The fourth-order valence-electron chi connectivity index (χ4n) is 1.86. The Morgan fingerprint density at radius 2 is 1.82 bits per heavy atom. The molecule has 0 aromatic heterocycles. The molecule has 0 aliphatic heterocycles. The molecule has 0 spiro atoms. The first-order valence-electron chi connectivity index (χ1n) is 5.51. The molecule has 0 atom stereocenters. The molecule has 1 rings (SSSR count). The van der Waals surface area contributed by atoms with E-state index in [1.165, 1.54) is 0 Å². The maximum absolute atomic E-state index is 12.6. The number of carbonyl (C=O) groups excluding carboxylic acids is 1. The molecule has 7 heteroatoms. The molecule has 0 radical (unpaired) electrons. The molecule has 0 unspecified atom stereocenters. The highest BCUT2D eigenvalue weighted by molar-refractivity contribution is 5.86. The summed E-state index contributed by atoms with van der Waals surface area (Å²) in [4.78, 5) is 11.6. The summed E-state index contributed by atoms with van der Waals surface area (Å²) in [6.45, 7) is -1.37. The molecular weight excluding hydrogens is 240 g/mol. The fraction of sp³-hybridized carbons (Fsp3) is 0.900. The lowest BCUT2D eigenvalue weighted by atomic mass is 9.82. The summed E-state index contributed by atoms with van der Waals surface area (Å²) in [7, 11) is 0. The molecule has 0 aromatic rings. The van der Waals surface area contributed by atoms with Crippen molar-refractivity contribution >= 4 is 5.91 Å². The molecule has 0 heterocycles. The number of alkyl halides is 4. The Bertz CT molecular complexity index is 277. The molecule has 17 heavy (non-hydrogen) atoms. The van der Waals surface area contributed by atoms with Crippen molar-refractivity contribution in [1.29, 1.82) is 0 Å². The van der Waals surface area contributed by atoms with Crippen LogP contribution in [0, 0.1) is 0 Å². The molecule has 1 saturated carbocycles. The van der Waals surface area contributed by atoms with Gasteiger partial charge in [0.15, 0.2) is 0 Å². The summed E-state index contributed by atoms with van der Waals surface area (Å²) in [6.07, 6.45) is -0.551. The average Bonchev–Trinajstić information content (AvgIpc) is 2.26. The third kappa shape index (κ3) is 3.55. The number of amides is 1. The minimum Gasteiger partial charge on any atom is -0.348 e. The van der Waals surface area contributed by atoms with Crippen LogP contribution in [0.2, 0.25) is 0 Å². The van der Waals surface area contributed by atoms with Gasteiger partial charge >= 0.3 is 12.3 Å². The van der Waals surface area contributed by atoms with Gasteiger partial charge in [-0.2, -0.15) is 8.78 Å². The lowest BCUT2D eigenvalue weighted by Crippen LogP contribution is -2.57. The first kappa shape index (κ1) is 14.2. The van der Waals surface area contributed by atoms with E-state index in [1.807, 2.05) is 5.32 Å². The van der Waals surface area contributed by atoms with Crippen molar-refractivity contribution in [2.45, 2.75) is 50.0 Å². The van der Waals surface area contributed by atoms with E-state index in [2.05, 4.69) is 0 Å². The second kappa shape index (κ2) is 5.20. The molecule has 0 saturated heterocycles. The molecule has 1 aliphatic carbocycles. The van der Waals surface area contributed by atoms with Crippen LogP contribution in [0.15, 0.2) is 0 Å². The standard InChI is InChI=1S/C10H16F4N2O/c11-7(12)10(13,14)6-16-8(17)9(15)4-2-1-3-5-9/h7H,1-6,15H2,(H,16,17). The Morgan fingerprint density at radius 1 is 1.29 bits per heavy atom. The summed E-state index contributed by atoms with van der Waals surface area (Å²) < 4.78 is 48.9. The Balaban J connectivity index is 2.49. The number of hydrogen-bond acceptors (Lipinski definition) is 2. The number of rotatable bonds is 4. The van der Waals surface area contributed by atoms with Gasteiger partial charge in [-0.3, -0.25) is 4.79 Å². The van der Waals surface area contributed by atoms with Crippen LogP contribution in [0.3, 0.4) is 0 Å². The van der Waals surface area contributed by atoms with Crippen LogP contribution in [0.4, 0.5) is 17.6 Å². The summed E-state index contributed by atoms with van der Waals surface area (Å²) in [6, 6.07) is 0. The van der Waals surface area contributed by atoms with Gasteiger partial charge in [-0.05, 0) is 12.8 Å². The van der Waals surface area contributed by atoms with Crippen molar-refractivity contribution in [3.05, 3.63) is 0 Å². The van der Waals surface area contributed by atoms with Crippen LogP contribution in [0.25, 0.3) is 0 Å². The number of halogens is 4. The highest BCUT2D eigenvalue weighted by Gasteiger charge is 2.43. The first-order chi connectivity index (χ1) is 7.78. The number of nitrogens with one attached hydrogen (secondary N) is 1. The third-order valence-electron chi connectivity index (χ3n) is 3.00. The van der Waals surface area contributed by atoms with Gasteiger partial charge in [-0.15, -0.1) is 0 Å². The van der Waals surface area contributed by atoms with Gasteiger partial charge in [0, 0.05) is 0 Å². The predicted molar refractivity (Wildman–Crippen MR) is 54.0 cm³/mol. The second-order valence-corrected chi connectivity index (χ2v) is 4.46. The lowest BCUT2D eigenvalue weighted by molar-refractivity contribution is -0.140. The van der Waals surface area contributed by atoms with Crippen LogP contribution in [0.1, 0.15) is 32.1 Å². The summed E-state index contributed by atoms with van der Waals surface area (Å²) in [5.41, 5.74) is 4.58. The van der Waals surface area contributed by atoms with E-state index in [-0.39, 0.29) is 0 Å². The molecule has 0 aromatic carbocycles. The Hall–Kier alpha value is -0.850. The summed E-state index contributed by atoms with van der Waals surface area (Å²) in [5, 5.41) is 1.82. The molecular formula is C10H16F4N2O. The van der Waals surface area contributed by atoms with Crippen molar-refractivity contribution < 1.29 is 22.4 Å².